The first-order chi connectivity index (χ1) is 10.3. The second kappa shape index (κ2) is 6.51. The van der Waals surface area contributed by atoms with Crippen LogP contribution in [0.3, 0.4) is 0 Å². The number of nitrogens with one attached hydrogen (secondary N) is 1. The maximum Gasteiger partial charge on any atom is 0.257 e. The number of hydrogen-bond donors (Lipinski definition) is 2. The molecule has 7 heteroatoms. The van der Waals surface area contributed by atoms with Gasteiger partial charge in [-0.1, -0.05) is 25.7 Å². The van der Waals surface area contributed by atoms with E-state index < -0.39 is 0 Å². The zero-order valence-electron chi connectivity index (χ0n) is 12.1. The van der Waals surface area contributed by atoms with Crippen LogP contribution in [-0.2, 0) is 0 Å². The molecule has 3 rings (SSSR count). The van der Waals surface area contributed by atoms with E-state index in [4.69, 9.17) is 5.73 Å². The molecule has 0 radical (unpaired) electrons. The maximum absolute atomic E-state index is 5.73. The van der Waals surface area contributed by atoms with Crippen LogP contribution in [0.2, 0.25) is 0 Å². The summed E-state index contributed by atoms with van der Waals surface area (Å²) in [6.45, 7) is 0.860. The van der Waals surface area contributed by atoms with Gasteiger partial charge in [0.15, 0.2) is 0 Å². The highest BCUT2D eigenvalue weighted by atomic mass is 15.4. The average molecular weight is 287 g/mol. The molecule has 112 valence electrons. The largest absolute Gasteiger partial charge is 0.368 e. The van der Waals surface area contributed by atoms with Gasteiger partial charge in [-0.3, -0.25) is 0 Å². The van der Waals surface area contributed by atoms with Crippen LogP contribution in [0.5, 0.6) is 0 Å². The van der Waals surface area contributed by atoms with E-state index in [1.165, 1.54) is 32.1 Å². The Morgan fingerprint density at radius 1 is 1.24 bits per heavy atom. The van der Waals surface area contributed by atoms with Crippen LogP contribution >= 0.6 is 0 Å². The van der Waals surface area contributed by atoms with E-state index in [1.54, 1.807) is 17.1 Å². The van der Waals surface area contributed by atoms with Crippen LogP contribution < -0.4 is 11.1 Å². The van der Waals surface area contributed by atoms with E-state index in [9.17, 15) is 0 Å². The van der Waals surface area contributed by atoms with Gasteiger partial charge in [0.05, 0.1) is 0 Å². The van der Waals surface area contributed by atoms with Crippen molar-refractivity contribution in [2.24, 2.45) is 5.92 Å². The summed E-state index contributed by atoms with van der Waals surface area (Å²) >= 11 is 0. The predicted octanol–water partition coefficient (Wildman–Crippen LogP) is 2.02. The third kappa shape index (κ3) is 3.68. The number of rotatable bonds is 6. The molecule has 2 heterocycles. The summed E-state index contributed by atoms with van der Waals surface area (Å²) in [5.41, 5.74) is 5.73. The van der Waals surface area contributed by atoms with Crippen molar-refractivity contribution in [2.75, 3.05) is 17.6 Å². The molecule has 0 bridgehead atoms. The highest BCUT2D eigenvalue weighted by molar-refractivity contribution is 5.34. The van der Waals surface area contributed by atoms with E-state index in [1.807, 2.05) is 6.07 Å². The third-order valence-electron chi connectivity index (χ3n) is 3.90. The van der Waals surface area contributed by atoms with Crippen molar-refractivity contribution in [3.8, 4) is 5.95 Å². The van der Waals surface area contributed by atoms with Crippen LogP contribution in [0.4, 0.5) is 11.9 Å². The van der Waals surface area contributed by atoms with Crippen LogP contribution in [0.1, 0.15) is 38.5 Å². The summed E-state index contributed by atoms with van der Waals surface area (Å²) in [4.78, 5) is 12.5. The van der Waals surface area contributed by atoms with E-state index in [-0.39, 0.29) is 5.95 Å². The van der Waals surface area contributed by atoms with Crippen molar-refractivity contribution in [1.29, 1.82) is 0 Å². The summed E-state index contributed by atoms with van der Waals surface area (Å²) in [6, 6.07) is 1.81. The van der Waals surface area contributed by atoms with Crippen molar-refractivity contribution in [1.82, 2.24) is 24.7 Å². The lowest BCUT2D eigenvalue weighted by Gasteiger charge is -2.10. The van der Waals surface area contributed by atoms with Gasteiger partial charge in [0, 0.05) is 18.9 Å². The van der Waals surface area contributed by atoms with Gasteiger partial charge in [-0.05, 0) is 24.8 Å². The fraction of sp³-hybridized carbons (Fsp3) is 0.571. The molecule has 7 nitrogen and oxygen atoms in total. The monoisotopic (exact) mass is 287 g/mol. The molecule has 21 heavy (non-hydrogen) atoms. The first kappa shape index (κ1) is 13.8. The summed E-state index contributed by atoms with van der Waals surface area (Å²) in [5.74, 6) is 2.06. The lowest BCUT2D eigenvalue weighted by molar-refractivity contribution is 0.491. The Morgan fingerprint density at radius 3 is 2.86 bits per heavy atom. The van der Waals surface area contributed by atoms with Crippen molar-refractivity contribution >= 4 is 11.9 Å². The Balaban J connectivity index is 1.55. The summed E-state index contributed by atoms with van der Waals surface area (Å²) in [6.07, 6.45) is 11.4. The SMILES string of the molecule is Nc1nc(NCCCC2CCCC2)nc(-n2cccn2)n1. The molecular formula is C14H21N7. The van der Waals surface area contributed by atoms with Crippen molar-refractivity contribution in [2.45, 2.75) is 38.5 Å². The topological polar surface area (TPSA) is 94.5 Å². The first-order valence-corrected chi connectivity index (χ1v) is 7.57. The molecule has 2 aromatic heterocycles. The Hall–Kier alpha value is -2.18. The normalized spacial score (nSPS) is 15.4. The number of nitrogens with two attached hydrogens (primary N) is 1. The van der Waals surface area contributed by atoms with Crippen LogP contribution in [-0.4, -0.2) is 31.3 Å². The highest BCUT2D eigenvalue weighted by Crippen LogP contribution is 2.28. The lowest BCUT2D eigenvalue weighted by Crippen LogP contribution is -2.12. The Kier molecular flexibility index (Phi) is 4.28. The number of nitrogens with zero attached hydrogens (tertiary/aromatic N) is 5. The van der Waals surface area contributed by atoms with E-state index >= 15 is 0 Å². The molecule has 1 aliphatic carbocycles. The molecule has 3 N–H and O–H groups in total. The van der Waals surface area contributed by atoms with Gasteiger partial charge in [0.1, 0.15) is 0 Å². The van der Waals surface area contributed by atoms with Crippen LogP contribution in [0.15, 0.2) is 18.5 Å². The molecule has 0 spiro atoms. The van der Waals surface area contributed by atoms with Crippen molar-refractivity contribution < 1.29 is 0 Å². The Labute approximate surface area is 124 Å². The highest BCUT2D eigenvalue weighted by Gasteiger charge is 2.14. The first-order valence-electron chi connectivity index (χ1n) is 7.57. The van der Waals surface area contributed by atoms with E-state index in [0.717, 1.165) is 18.9 Å². The quantitative estimate of drug-likeness (QED) is 0.789. The van der Waals surface area contributed by atoms with E-state index in [2.05, 4.69) is 25.4 Å². The average Bonchev–Trinajstić information content (AvgIpc) is 3.16. The third-order valence-corrected chi connectivity index (χ3v) is 3.90. The van der Waals surface area contributed by atoms with Crippen molar-refractivity contribution in [3.63, 3.8) is 0 Å². The molecule has 0 aliphatic heterocycles. The minimum absolute atomic E-state index is 0.203. The molecule has 0 aromatic carbocycles. The lowest BCUT2D eigenvalue weighted by atomic mass is 10.0. The Morgan fingerprint density at radius 2 is 2.10 bits per heavy atom. The van der Waals surface area contributed by atoms with Gasteiger partial charge in [0.2, 0.25) is 11.9 Å². The minimum atomic E-state index is 0.203. The standard InChI is InChI=1S/C14H21N7/c15-12-18-13(16-8-3-7-11-5-1-2-6-11)20-14(19-12)21-10-4-9-17-21/h4,9-11H,1-3,5-8H2,(H3,15,16,18,19,20). The molecule has 1 fully saturated rings. The number of hydrogen-bond acceptors (Lipinski definition) is 6. The second-order valence-corrected chi connectivity index (χ2v) is 5.49. The maximum atomic E-state index is 5.73. The predicted molar refractivity (Wildman–Crippen MR) is 81.0 cm³/mol. The smallest absolute Gasteiger partial charge is 0.257 e. The fourth-order valence-electron chi connectivity index (χ4n) is 2.84. The molecule has 0 unspecified atom stereocenters. The molecule has 0 amide bonds. The van der Waals surface area contributed by atoms with Crippen molar-refractivity contribution in [3.05, 3.63) is 18.5 Å². The molecule has 1 saturated carbocycles. The number of anilines is 2. The molecular weight excluding hydrogens is 266 g/mol. The van der Waals surface area contributed by atoms with Gasteiger partial charge >= 0.3 is 0 Å². The van der Waals surface area contributed by atoms with Gasteiger partial charge in [-0.25, -0.2) is 4.68 Å². The summed E-state index contributed by atoms with van der Waals surface area (Å²) in [7, 11) is 0. The minimum Gasteiger partial charge on any atom is -0.368 e. The fourth-order valence-corrected chi connectivity index (χ4v) is 2.84. The van der Waals surface area contributed by atoms with E-state index in [0.29, 0.717) is 11.9 Å². The Bertz CT molecular complexity index is 561. The van der Waals surface area contributed by atoms with Crippen LogP contribution in [0, 0.1) is 5.92 Å². The van der Waals surface area contributed by atoms with Gasteiger partial charge in [0.25, 0.3) is 5.95 Å². The van der Waals surface area contributed by atoms with Gasteiger partial charge < -0.3 is 11.1 Å². The second-order valence-electron chi connectivity index (χ2n) is 5.49. The molecule has 0 atom stereocenters. The van der Waals surface area contributed by atoms with Gasteiger partial charge in [-0.2, -0.15) is 20.1 Å². The number of nitrogen functional groups attached to an aromatic ring is 1. The summed E-state index contributed by atoms with van der Waals surface area (Å²) in [5, 5.41) is 7.33. The van der Waals surface area contributed by atoms with Gasteiger partial charge in [-0.15, -0.1) is 0 Å². The van der Waals surface area contributed by atoms with Crippen LogP contribution in [0.25, 0.3) is 5.95 Å². The number of aromatic nitrogens is 5. The zero-order valence-corrected chi connectivity index (χ0v) is 12.1. The molecule has 0 saturated heterocycles. The molecule has 1 aliphatic rings. The zero-order chi connectivity index (χ0) is 14.5. The summed E-state index contributed by atoms with van der Waals surface area (Å²) < 4.78 is 1.57. The molecule has 2 aromatic rings.